The normalized spacial score (nSPS) is 22.4. The highest BCUT2D eigenvalue weighted by Crippen LogP contribution is 2.17. The van der Waals surface area contributed by atoms with Gasteiger partial charge in [0.2, 0.25) is 0 Å². The molecule has 2 rings (SSSR count). The summed E-state index contributed by atoms with van der Waals surface area (Å²) >= 11 is 0. The third-order valence-corrected chi connectivity index (χ3v) is 2.28. The van der Waals surface area contributed by atoms with Crippen molar-refractivity contribution in [1.29, 1.82) is 0 Å². The molecule has 0 amide bonds. The molecule has 0 spiro atoms. The van der Waals surface area contributed by atoms with E-state index >= 15 is 0 Å². The molecular formula is C11H13N. The van der Waals surface area contributed by atoms with E-state index in [9.17, 15) is 0 Å². The highest BCUT2D eigenvalue weighted by Gasteiger charge is 2.13. The van der Waals surface area contributed by atoms with Crippen LogP contribution in [0.3, 0.4) is 0 Å². The Morgan fingerprint density at radius 2 is 2.00 bits per heavy atom. The zero-order chi connectivity index (χ0) is 8.39. The van der Waals surface area contributed by atoms with Crippen LogP contribution in [-0.2, 0) is 0 Å². The van der Waals surface area contributed by atoms with Gasteiger partial charge in [-0.2, -0.15) is 0 Å². The minimum absolute atomic E-state index is 0.528. The fraction of sp³-hybridized carbons (Fsp3) is 0.364. The summed E-state index contributed by atoms with van der Waals surface area (Å²) in [6.07, 6.45) is 2.36. The van der Waals surface area contributed by atoms with Crippen molar-refractivity contribution < 1.29 is 0 Å². The monoisotopic (exact) mass is 159 g/mol. The summed E-state index contributed by atoms with van der Waals surface area (Å²) in [7, 11) is 0. The molecule has 0 saturated heterocycles. The lowest BCUT2D eigenvalue weighted by Crippen LogP contribution is -1.94. The van der Waals surface area contributed by atoms with Crippen LogP contribution in [0.1, 0.15) is 25.3 Å². The lowest BCUT2D eigenvalue weighted by molar-refractivity contribution is 0.739. The van der Waals surface area contributed by atoms with E-state index < -0.39 is 0 Å². The Hall–Kier alpha value is -1.11. The molecule has 0 saturated carbocycles. The smallest absolute Gasteiger partial charge is 0.0478 e. The fourth-order valence-electron chi connectivity index (χ4n) is 1.59. The first-order valence-corrected chi connectivity index (χ1v) is 4.48. The van der Waals surface area contributed by atoms with E-state index in [-0.39, 0.29) is 0 Å². The van der Waals surface area contributed by atoms with E-state index in [0.717, 1.165) is 6.42 Å². The topological polar surface area (TPSA) is 12.4 Å². The summed E-state index contributed by atoms with van der Waals surface area (Å²) < 4.78 is 0. The molecule has 1 aromatic carbocycles. The molecule has 1 aliphatic rings. The molecule has 0 aliphatic carbocycles. The van der Waals surface area contributed by atoms with Crippen LogP contribution in [0, 0.1) is 0 Å². The van der Waals surface area contributed by atoms with Crippen molar-refractivity contribution in [3.05, 3.63) is 35.9 Å². The first kappa shape index (κ1) is 7.53. The zero-order valence-electron chi connectivity index (χ0n) is 7.33. The molecule has 1 heteroatoms. The molecule has 1 aliphatic heterocycles. The third kappa shape index (κ3) is 1.40. The second-order valence-corrected chi connectivity index (χ2v) is 3.33. The van der Waals surface area contributed by atoms with Gasteiger partial charge < -0.3 is 0 Å². The van der Waals surface area contributed by atoms with E-state index in [2.05, 4.69) is 36.2 Å². The molecule has 1 heterocycles. The van der Waals surface area contributed by atoms with Gasteiger partial charge in [0.1, 0.15) is 0 Å². The van der Waals surface area contributed by atoms with Crippen molar-refractivity contribution in [2.45, 2.75) is 25.8 Å². The van der Waals surface area contributed by atoms with Crippen molar-refractivity contribution in [1.82, 2.24) is 0 Å². The molecule has 12 heavy (non-hydrogen) atoms. The summed E-state index contributed by atoms with van der Waals surface area (Å²) in [6.45, 7) is 2.18. The molecule has 1 atom stereocenters. The second kappa shape index (κ2) is 3.10. The first-order valence-electron chi connectivity index (χ1n) is 4.48. The minimum Gasteiger partial charge on any atom is -0.286 e. The molecule has 62 valence electrons. The van der Waals surface area contributed by atoms with Crippen LogP contribution in [0.15, 0.2) is 35.3 Å². The Bertz CT molecular complexity index is 287. The summed E-state index contributed by atoms with van der Waals surface area (Å²) in [6, 6.07) is 11.0. The minimum atomic E-state index is 0.528. The lowest BCUT2D eigenvalue weighted by Gasteiger charge is -1.97. The maximum atomic E-state index is 4.58. The van der Waals surface area contributed by atoms with Crippen molar-refractivity contribution in [2.75, 3.05) is 0 Å². The van der Waals surface area contributed by atoms with Gasteiger partial charge in [-0.05, 0) is 25.3 Å². The number of nitrogens with zero attached hydrogens (tertiary/aromatic N) is 1. The van der Waals surface area contributed by atoms with Crippen molar-refractivity contribution in [2.24, 2.45) is 4.99 Å². The average molecular weight is 159 g/mol. The first-order chi connectivity index (χ1) is 5.86. The van der Waals surface area contributed by atoms with Gasteiger partial charge in [-0.15, -0.1) is 0 Å². The van der Waals surface area contributed by atoms with Crippen LogP contribution in [0.2, 0.25) is 0 Å². The summed E-state index contributed by atoms with van der Waals surface area (Å²) in [5.41, 5.74) is 2.57. The van der Waals surface area contributed by atoms with E-state index in [0.29, 0.717) is 6.04 Å². The molecule has 1 aromatic rings. The summed E-state index contributed by atoms with van der Waals surface area (Å²) in [5, 5.41) is 0. The van der Waals surface area contributed by atoms with Gasteiger partial charge in [-0.3, -0.25) is 4.99 Å². The molecule has 0 aromatic heterocycles. The van der Waals surface area contributed by atoms with Gasteiger partial charge in [-0.25, -0.2) is 0 Å². The predicted octanol–water partition coefficient (Wildman–Crippen LogP) is 2.66. The van der Waals surface area contributed by atoms with E-state index in [4.69, 9.17) is 0 Å². The summed E-state index contributed by atoms with van der Waals surface area (Å²) in [4.78, 5) is 4.58. The van der Waals surface area contributed by atoms with Gasteiger partial charge in [0.05, 0.1) is 0 Å². The van der Waals surface area contributed by atoms with Crippen LogP contribution >= 0.6 is 0 Å². The van der Waals surface area contributed by atoms with Crippen LogP contribution in [0.25, 0.3) is 0 Å². The second-order valence-electron chi connectivity index (χ2n) is 3.33. The highest BCUT2D eigenvalue weighted by molar-refractivity contribution is 6.01. The predicted molar refractivity (Wildman–Crippen MR) is 51.7 cm³/mol. The van der Waals surface area contributed by atoms with Gasteiger partial charge >= 0.3 is 0 Å². The quantitative estimate of drug-likeness (QED) is 0.597. The number of rotatable bonds is 1. The van der Waals surface area contributed by atoms with Gasteiger partial charge in [0.25, 0.3) is 0 Å². The van der Waals surface area contributed by atoms with Crippen LogP contribution < -0.4 is 0 Å². The highest BCUT2D eigenvalue weighted by atomic mass is 14.8. The number of aliphatic imine (C=N–C) groups is 1. The largest absolute Gasteiger partial charge is 0.286 e. The maximum Gasteiger partial charge on any atom is 0.0478 e. The number of hydrogen-bond donors (Lipinski definition) is 0. The number of hydrogen-bond acceptors (Lipinski definition) is 1. The van der Waals surface area contributed by atoms with E-state index in [1.165, 1.54) is 17.7 Å². The van der Waals surface area contributed by atoms with Crippen LogP contribution in [-0.4, -0.2) is 11.8 Å². The molecule has 0 radical (unpaired) electrons. The summed E-state index contributed by atoms with van der Waals surface area (Å²) in [5.74, 6) is 0. The molecule has 1 nitrogen and oxygen atoms in total. The average Bonchev–Trinajstić information content (AvgIpc) is 2.54. The van der Waals surface area contributed by atoms with Crippen molar-refractivity contribution in [3.63, 3.8) is 0 Å². The van der Waals surface area contributed by atoms with Gasteiger partial charge in [-0.1, -0.05) is 30.3 Å². The molecule has 0 unspecified atom stereocenters. The molecule has 0 fully saturated rings. The van der Waals surface area contributed by atoms with E-state index in [1.54, 1.807) is 0 Å². The molecule has 0 bridgehead atoms. The van der Waals surface area contributed by atoms with Crippen LogP contribution in [0.4, 0.5) is 0 Å². The Balaban J connectivity index is 2.27. The third-order valence-electron chi connectivity index (χ3n) is 2.28. The maximum absolute atomic E-state index is 4.58. The SMILES string of the molecule is C[C@H]1CCC(c2ccccc2)=N1. The van der Waals surface area contributed by atoms with Crippen molar-refractivity contribution in [3.8, 4) is 0 Å². The zero-order valence-corrected chi connectivity index (χ0v) is 7.33. The Morgan fingerprint density at radius 1 is 1.25 bits per heavy atom. The van der Waals surface area contributed by atoms with Crippen molar-refractivity contribution >= 4 is 5.71 Å². The van der Waals surface area contributed by atoms with Gasteiger partial charge in [0.15, 0.2) is 0 Å². The molecule has 0 N–H and O–H groups in total. The Kier molecular flexibility index (Phi) is 1.94. The molecular weight excluding hydrogens is 146 g/mol. The number of benzene rings is 1. The van der Waals surface area contributed by atoms with Gasteiger partial charge in [0, 0.05) is 11.8 Å². The fourth-order valence-corrected chi connectivity index (χ4v) is 1.59. The Morgan fingerprint density at radius 3 is 2.58 bits per heavy atom. The van der Waals surface area contributed by atoms with Crippen LogP contribution in [0.5, 0.6) is 0 Å². The van der Waals surface area contributed by atoms with E-state index in [1.807, 2.05) is 6.07 Å². The standard InChI is InChI=1S/C11H13N/c1-9-7-8-11(12-9)10-5-3-2-4-6-10/h2-6,9H,7-8H2,1H3/t9-/m0/s1. The lowest BCUT2D eigenvalue weighted by atomic mass is 10.1. The Labute approximate surface area is 73.1 Å².